The van der Waals surface area contributed by atoms with E-state index in [-0.39, 0.29) is 18.9 Å². The molecule has 8 heteroatoms. The number of hydrogen-bond donors (Lipinski definition) is 0. The molecule has 3 amide bonds. The van der Waals surface area contributed by atoms with Crippen molar-refractivity contribution in [3.8, 4) is 11.5 Å². The van der Waals surface area contributed by atoms with Gasteiger partial charge in [0.2, 0.25) is 11.4 Å². The molecular formula is C30H28N2O6. The summed E-state index contributed by atoms with van der Waals surface area (Å²) in [6, 6.07) is 21.6. The molecule has 0 saturated carbocycles. The Balaban J connectivity index is 1.57. The molecule has 2 atom stereocenters. The van der Waals surface area contributed by atoms with E-state index in [1.807, 2.05) is 30.3 Å². The third-order valence-corrected chi connectivity index (χ3v) is 7.39. The summed E-state index contributed by atoms with van der Waals surface area (Å²) in [6.45, 7) is 5.37. The average molecular weight is 513 g/mol. The fraction of sp³-hybridized carbons (Fsp3) is 0.300. The van der Waals surface area contributed by atoms with Crippen LogP contribution in [0.2, 0.25) is 0 Å². The highest BCUT2D eigenvalue weighted by Gasteiger charge is 2.78. The summed E-state index contributed by atoms with van der Waals surface area (Å²) in [5, 5.41) is 0. The van der Waals surface area contributed by atoms with Crippen LogP contribution >= 0.6 is 0 Å². The Morgan fingerprint density at radius 2 is 1.61 bits per heavy atom. The van der Waals surface area contributed by atoms with Gasteiger partial charge in [-0.05, 0) is 50.6 Å². The van der Waals surface area contributed by atoms with Gasteiger partial charge in [0.25, 0.3) is 5.91 Å². The molecule has 1 fully saturated rings. The fourth-order valence-corrected chi connectivity index (χ4v) is 5.95. The van der Waals surface area contributed by atoms with Crippen molar-refractivity contribution in [1.82, 2.24) is 4.90 Å². The molecule has 0 aromatic heterocycles. The first-order valence-electron chi connectivity index (χ1n) is 12.5. The van der Waals surface area contributed by atoms with Crippen molar-refractivity contribution in [3.63, 3.8) is 0 Å². The van der Waals surface area contributed by atoms with Crippen LogP contribution in [0.3, 0.4) is 0 Å². The van der Waals surface area contributed by atoms with Gasteiger partial charge in [0.15, 0.2) is 5.60 Å². The summed E-state index contributed by atoms with van der Waals surface area (Å²) < 4.78 is 17.7. The topological polar surface area (TPSA) is 85.4 Å². The second-order valence-electron chi connectivity index (χ2n) is 10.8. The number of ether oxygens (including phenoxy) is 3. The normalized spacial score (nSPS) is 23.3. The van der Waals surface area contributed by atoms with Crippen LogP contribution in [0.1, 0.15) is 43.9 Å². The number of carbonyl (C=O) groups is 3. The predicted octanol–water partition coefficient (Wildman–Crippen LogP) is 4.89. The smallest absolute Gasteiger partial charge is 0.416 e. The monoisotopic (exact) mass is 512 g/mol. The van der Waals surface area contributed by atoms with Gasteiger partial charge in [-0.15, -0.1) is 0 Å². The standard InChI is InChI=1S/C30H28N2O6/c1-28(2,3)38-27(35)32-23-11-7-5-9-21(23)29-17-25(33)31(18-19-13-15-20(36-4)16-14-19)26(34)30(29,32)22-10-6-8-12-24(22)37-29/h5-16H,17-18H2,1-4H3/t29-,30+/m0/s1. The maximum Gasteiger partial charge on any atom is 0.416 e. The molecule has 0 unspecified atom stereocenters. The Bertz CT molecular complexity index is 1480. The van der Waals surface area contributed by atoms with E-state index in [1.54, 1.807) is 70.3 Å². The van der Waals surface area contributed by atoms with Gasteiger partial charge in [0.05, 0.1) is 25.8 Å². The highest BCUT2D eigenvalue weighted by Crippen LogP contribution is 2.67. The second-order valence-corrected chi connectivity index (χ2v) is 10.8. The minimum atomic E-state index is -1.66. The van der Waals surface area contributed by atoms with Gasteiger partial charge in [0, 0.05) is 11.1 Å². The van der Waals surface area contributed by atoms with Crippen molar-refractivity contribution in [3.05, 3.63) is 89.5 Å². The van der Waals surface area contributed by atoms with Crippen molar-refractivity contribution >= 4 is 23.6 Å². The number of rotatable bonds is 3. The molecule has 194 valence electrons. The summed E-state index contributed by atoms with van der Waals surface area (Å²) in [5.74, 6) is 0.220. The van der Waals surface area contributed by atoms with E-state index >= 15 is 0 Å². The van der Waals surface area contributed by atoms with E-state index in [4.69, 9.17) is 14.2 Å². The molecule has 3 aromatic rings. The quantitative estimate of drug-likeness (QED) is 0.465. The molecular weight excluding hydrogens is 484 g/mol. The molecule has 0 aliphatic carbocycles. The molecule has 1 saturated heterocycles. The number of amides is 3. The molecule has 3 aliphatic rings. The van der Waals surface area contributed by atoms with Crippen LogP contribution in [0, 0.1) is 0 Å². The van der Waals surface area contributed by atoms with Crippen molar-refractivity contribution in [2.24, 2.45) is 0 Å². The van der Waals surface area contributed by atoms with Crippen molar-refractivity contribution < 1.29 is 28.6 Å². The number of likely N-dealkylation sites (tertiary alicyclic amines) is 1. The van der Waals surface area contributed by atoms with Gasteiger partial charge < -0.3 is 14.2 Å². The van der Waals surface area contributed by atoms with Gasteiger partial charge in [-0.3, -0.25) is 19.4 Å². The minimum Gasteiger partial charge on any atom is -0.497 e. The van der Waals surface area contributed by atoms with Gasteiger partial charge >= 0.3 is 6.09 Å². The van der Waals surface area contributed by atoms with Crippen LogP contribution in [-0.4, -0.2) is 35.5 Å². The third kappa shape index (κ3) is 3.12. The van der Waals surface area contributed by atoms with E-state index in [9.17, 15) is 14.4 Å². The molecule has 0 bridgehead atoms. The third-order valence-electron chi connectivity index (χ3n) is 7.39. The zero-order valence-electron chi connectivity index (χ0n) is 21.7. The van der Waals surface area contributed by atoms with E-state index in [1.165, 1.54) is 9.80 Å². The Morgan fingerprint density at radius 3 is 2.29 bits per heavy atom. The number of anilines is 1. The van der Waals surface area contributed by atoms with Gasteiger partial charge in [-0.1, -0.05) is 48.5 Å². The Hall–Kier alpha value is -4.33. The number of imide groups is 1. The zero-order chi connectivity index (χ0) is 26.9. The summed E-state index contributed by atoms with van der Waals surface area (Å²) in [4.78, 5) is 45.2. The van der Waals surface area contributed by atoms with Gasteiger partial charge in [-0.25, -0.2) is 4.79 Å². The van der Waals surface area contributed by atoms with Crippen molar-refractivity contribution in [2.75, 3.05) is 12.0 Å². The van der Waals surface area contributed by atoms with E-state index in [0.717, 1.165) is 5.56 Å². The molecule has 0 radical (unpaired) electrons. The molecule has 3 aromatic carbocycles. The lowest BCUT2D eigenvalue weighted by atomic mass is 9.69. The SMILES string of the molecule is COc1ccc(CN2C(=O)C[C@@]34Oc5ccccc5[C@]3(C2=O)N(C(=O)OC(C)(C)C)c2ccccc24)cc1. The fourth-order valence-electron chi connectivity index (χ4n) is 5.95. The molecule has 3 heterocycles. The van der Waals surface area contributed by atoms with Crippen LogP contribution in [0.5, 0.6) is 11.5 Å². The molecule has 8 nitrogen and oxygen atoms in total. The van der Waals surface area contributed by atoms with E-state index < -0.39 is 28.7 Å². The minimum absolute atomic E-state index is 0.0418. The maximum absolute atomic E-state index is 14.8. The lowest BCUT2D eigenvalue weighted by Crippen LogP contribution is -2.70. The number of methoxy groups -OCH3 is 1. The first-order valence-corrected chi connectivity index (χ1v) is 12.5. The van der Waals surface area contributed by atoms with Gasteiger partial charge in [0.1, 0.15) is 17.1 Å². The predicted molar refractivity (Wildman–Crippen MR) is 139 cm³/mol. The molecule has 6 rings (SSSR count). The number of carbonyl (C=O) groups excluding carboxylic acids is 3. The molecule has 0 spiro atoms. The number of para-hydroxylation sites is 2. The lowest BCUT2D eigenvalue weighted by Gasteiger charge is -2.48. The Morgan fingerprint density at radius 1 is 0.947 bits per heavy atom. The number of nitrogens with zero attached hydrogens (tertiary/aromatic N) is 2. The molecule has 0 N–H and O–H groups in total. The van der Waals surface area contributed by atoms with Crippen LogP contribution in [0.25, 0.3) is 0 Å². The largest absolute Gasteiger partial charge is 0.497 e. The van der Waals surface area contributed by atoms with E-state index in [0.29, 0.717) is 28.3 Å². The van der Waals surface area contributed by atoms with Crippen molar-refractivity contribution in [2.45, 2.75) is 50.5 Å². The number of piperidine rings is 1. The van der Waals surface area contributed by atoms with Crippen LogP contribution in [-0.2, 0) is 32.0 Å². The zero-order valence-corrected chi connectivity index (χ0v) is 21.7. The summed E-state index contributed by atoms with van der Waals surface area (Å²) in [5.41, 5.74) is -1.52. The number of fused-ring (bicyclic) bond motifs is 2. The summed E-state index contributed by atoms with van der Waals surface area (Å²) in [6.07, 6.45) is -0.806. The maximum atomic E-state index is 14.8. The first-order chi connectivity index (χ1) is 18.1. The highest BCUT2D eigenvalue weighted by molar-refractivity contribution is 6.14. The summed E-state index contributed by atoms with van der Waals surface area (Å²) in [7, 11) is 1.58. The lowest BCUT2D eigenvalue weighted by molar-refractivity contribution is -0.166. The van der Waals surface area contributed by atoms with E-state index in [2.05, 4.69) is 0 Å². The Labute approximate surface area is 220 Å². The second kappa shape index (κ2) is 8.08. The highest BCUT2D eigenvalue weighted by atomic mass is 16.6. The van der Waals surface area contributed by atoms with Crippen LogP contribution in [0.4, 0.5) is 10.5 Å². The number of benzene rings is 3. The average Bonchev–Trinajstić information content (AvgIpc) is 3.31. The van der Waals surface area contributed by atoms with Crippen molar-refractivity contribution in [1.29, 1.82) is 0 Å². The molecule has 38 heavy (non-hydrogen) atoms. The van der Waals surface area contributed by atoms with Gasteiger partial charge in [-0.2, -0.15) is 0 Å². The first kappa shape index (κ1) is 24.0. The summed E-state index contributed by atoms with van der Waals surface area (Å²) >= 11 is 0. The molecule has 3 aliphatic heterocycles. The van der Waals surface area contributed by atoms with Crippen LogP contribution < -0.4 is 14.4 Å². The number of hydrogen-bond acceptors (Lipinski definition) is 6. The Kier molecular flexibility index (Phi) is 5.11. The van der Waals surface area contributed by atoms with Crippen LogP contribution in [0.15, 0.2) is 72.8 Å².